The smallest absolute Gasteiger partial charge is 0.204 e. The molecule has 1 atom stereocenters. The number of hydrogen-bond acceptors (Lipinski definition) is 5. The molecule has 3 rings (SSSR count). The molecule has 0 amide bonds. The molecule has 1 aliphatic rings. The van der Waals surface area contributed by atoms with Crippen LogP contribution in [0.25, 0.3) is 5.57 Å². The Hall–Kier alpha value is -2.34. The highest BCUT2D eigenvalue weighted by Crippen LogP contribution is 2.30. The van der Waals surface area contributed by atoms with Gasteiger partial charge in [0, 0.05) is 5.56 Å². The first kappa shape index (κ1) is 15.6. The quantitative estimate of drug-likeness (QED) is 0.673. The van der Waals surface area contributed by atoms with Gasteiger partial charge in [-0.3, -0.25) is 9.59 Å². The van der Waals surface area contributed by atoms with Crippen LogP contribution in [0.4, 0.5) is 0 Å². The molecule has 1 heterocycles. The van der Waals surface area contributed by atoms with Crippen molar-refractivity contribution in [3.63, 3.8) is 0 Å². The Labute approximate surface area is 138 Å². The maximum absolute atomic E-state index is 12.5. The van der Waals surface area contributed by atoms with Crippen molar-refractivity contribution >= 4 is 28.9 Å². The zero-order valence-electron chi connectivity index (χ0n) is 13.0. The van der Waals surface area contributed by atoms with Crippen LogP contribution in [0.15, 0.2) is 35.5 Å². The van der Waals surface area contributed by atoms with Crippen LogP contribution in [-0.4, -0.2) is 33.9 Å². The number of nitrogens with zero attached hydrogens (tertiary/aromatic N) is 1. The zero-order chi connectivity index (χ0) is 16.6. The summed E-state index contributed by atoms with van der Waals surface area (Å²) in [6.45, 7) is 3.68. The molecular formula is C17H16N2O3S. The molecule has 0 saturated carbocycles. The molecule has 0 spiro atoms. The van der Waals surface area contributed by atoms with Crippen LogP contribution >= 0.6 is 11.8 Å². The van der Waals surface area contributed by atoms with Gasteiger partial charge in [-0.25, -0.2) is 4.98 Å². The molecule has 0 aliphatic heterocycles. The number of H-pyrrole nitrogens is 1. The van der Waals surface area contributed by atoms with Gasteiger partial charge in [-0.15, -0.1) is 0 Å². The molecule has 0 fully saturated rings. The second-order valence-electron chi connectivity index (χ2n) is 5.31. The van der Waals surface area contributed by atoms with Crippen molar-refractivity contribution in [3.8, 4) is 5.75 Å². The number of aromatic nitrogens is 2. The van der Waals surface area contributed by atoms with E-state index in [4.69, 9.17) is 4.74 Å². The number of benzene rings is 1. The molecule has 1 aromatic heterocycles. The third kappa shape index (κ3) is 2.94. The lowest BCUT2D eigenvalue weighted by atomic mass is 10.1. The first-order chi connectivity index (χ1) is 11.0. The van der Waals surface area contributed by atoms with Crippen LogP contribution in [0.5, 0.6) is 5.75 Å². The van der Waals surface area contributed by atoms with Gasteiger partial charge in [0.2, 0.25) is 5.78 Å². The molecule has 0 unspecified atom stereocenters. The fraction of sp³-hybridized carbons (Fsp3) is 0.235. The molecule has 0 radical (unpaired) electrons. The highest BCUT2D eigenvalue weighted by atomic mass is 32.2. The van der Waals surface area contributed by atoms with Gasteiger partial charge in [0.25, 0.3) is 0 Å². The number of carbonyl (C=O) groups excluding carboxylic acids is 2. The van der Waals surface area contributed by atoms with Crippen LogP contribution in [0, 0.1) is 0 Å². The Kier molecular flexibility index (Phi) is 4.09. The standard InChI is InChI=1S/C17H16N2O3S/c1-9-8-13(20)15-14(9)18-17(19-15)23-10(2)16(21)11-4-6-12(22-3)7-5-11/h4-8,10H,1-3H3,(H,18,19)/t10-/m1/s1. The third-order valence-corrected chi connectivity index (χ3v) is 4.67. The molecule has 23 heavy (non-hydrogen) atoms. The Morgan fingerprint density at radius 1 is 1.30 bits per heavy atom. The average molecular weight is 328 g/mol. The molecule has 6 heteroatoms. The molecule has 0 saturated heterocycles. The summed E-state index contributed by atoms with van der Waals surface area (Å²) in [6.07, 6.45) is 1.56. The van der Waals surface area contributed by atoms with Crippen LogP contribution in [0.3, 0.4) is 0 Å². The van der Waals surface area contributed by atoms with Crippen molar-refractivity contribution in [2.75, 3.05) is 7.11 Å². The summed E-state index contributed by atoms with van der Waals surface area (Å²) in [4.78, 5) is 31.6. The number of allylic oxidation sites excluding steroid dienone is 2. The van der Waals surface area contributed by atoms with E-state index in [9.17, 15) is 9.59 Å². The highest BCUT2D eigenvalue weighted by Gasteiger charge is 2.25. The van der Waals surface area contributed by atoms with Gasteiger partial charge in [0.05, 0.1) is 18.1 Å². The molecule has 118 valence electrons. The molecular weight excluding hydrogens is 312 g/mol. The Bertz CT molecular complexity index is 806. The van der Waals surface area contributed by atoms with Crippen molar-refractivity contribution < 1.29 is 14.3 Å². The Morgan fingerprint density at radius 3 is 2.61 bits per heavy atom. The van der Waals surface area contributed by atoms with Crippen LogP contribution < -0.4 is 4.74 Å². The minimum Gasteiger partial charge on any atom is -0.497 e. The van der Waals surface area contributed by atoms with Gasteiger partial charge in [0.1, 0.15) is 11.4 Å². The minimum atomic E-state index is -0.311. The lowest BCUT2D eigenvalue weighted by molar-refractivity contribution is 0.0993. The molecule has 1 aliphatic carbocycles. The summed E-state index contributed by atoms with van der Waals surface area (Å²) in [7, 11) is 1.59. The van der Waals surface area contributed by atoms with Crippen molar-refractivity contribution in [2.45, 2.75) is 24.3 Å². The van der Waals surface area contributed by atoms with Crippen molar-refractivity contribution in [3.05, 3.63) is 47.3 Å². The Balaban J connectivity index is 1.74. The van der Waals surface area contributed by atoms with Crippen molar-refractivity contribution in [2.24, 2.45) is 0 Å². The van der Waals surface area contributed by atoms with Gasteiger partial charge in [-0.2, -0.15) is 0 Å². The van der Waals surface area contributed by atoms with E-state index in [1.807, 2.05) is 13.8 Å². The summed E-state index contributed by atoms with van der Waals surface area (Å²) in [5.41, 5.74) is 2.66. The number of hydrogen-bond donors (Lipinski definition) is 1. The van der Waals surface area contributed by atoms with E-state index >= 15 is 0 Å². The van der Waals surface area contributed by atoms with E-state index in [2.05, 4.69) is 9.97 Å². The summed E-state index contributed by atoms with van der Waals surface area (Å²) in [5, 5.41) is 0.277. The number of methoxy groups -OCH3 is 1. The van der Waals surface area contributed by atoms with Gasteiger partial charge >= 0.3 is 0 Å². The fourth-order valence-corrected chi connectivity index (χ4v) is 3.30. The number of aromatic amines is 1. The number of nitrogens with one attached hydrogen (secondary N) is 1. The number of fused-ring (bicyclic) bond motifs is 1. The molecule has 2 aromatic rings. The number of rotatable bonds is 5. The largest absolute Gasteiger partial charge is 0.497 e. The number of imidazole rings is 1. The SMILES string of the molecule is COc1ccc(C(=O)[C@@H](C)Sc2nc3c([nH]2)C(=O)C=C3C)cc1. The van der Waals surface area contributed by atoms with Crippen LogP contribution in [-0.2, 0) is 0 Å². The maximum Gasteiger partial charge on any atom is 0.204 e. The number of thioether (sulfide) groups is 1. The summed E-state index contributed by atoms with van der Waals surface area (Å²) < 4.78 is 5.09. The predicted molar refractivity (Wildman–Crippen MR) is 89.2 cm³/mol. The van der Waals surface area contributed by atoms with E-state index < -0.39 is 0 Å². The second kappa shape index (κ2) is 6.04. The molecule has 1 aromatic carbocycles. The van der Waals surface area contributed by atoms with Crippen molar-refractivity contribution in [1.29, 1.82) is 0 Å². The monoisotopic (exact) mass is 328 g/mol. The third-order valence-electron chi connectivity index (χ3n) is 3.68. The molecule has 0 bridgehead atoms. The topological polar surface area (TPSA) is 72.0 Å². The first-order valence-electron chi connectivity index (χ1n) is 7.17. The van der Waals surface area contributed by atoms with E-state index in [0.717, 1.165) is 5.57 Å². The molecule has 1 N–H and O–H groups in total. The summed E-state index contributed by atoms with van der Waals surface area (Å²) in [6, 6.07) is 7.02. The number of ether oxygens (including phenoxy) is 1. The summed E-state index contributed by atoms with van der Waals surface area (Å²) in [5.74, 6) is 0.656. The molecule has 5 nitrogen and oxygen atoms in total. The maximum atomic E-state index is 12.5. The van der Waals surface area contributed by atoms with Gasteiger partial charge in [-0.1, -0.05) is 11.8 Å². The zero-order valence-corrected chi connectivity index (χ0v) is 13.9. The fourth-order valence-electron chi connectivity index (χ4n) is 2.42. The van der Waals surface area contributed by atoms with Crippen molar-refractivity contribution in [1.82, 2.24) is 9.97 Å². The van der Waals surface area contributed by atoms with E-state index in [0.29, 0.717) is 27.9 Å². The van der Waals surface area contributed by atoms with E-state index in [1.165, 1.54) is 11.8 Å². The van der Waals surface area contributed by atoms with E-state index in [1.54, 1.807) is 37.5 Å². The predicted octanol–water partition coefficient (Wildman–Crippen LogP) is 3.38. The minimum absolute atomic E-state index is 0.00723. The number of ketones is 2. The van der Waals surface area contributed by atoms with Gasteiger partial charge < -0.3 is 9.72 Å². The van der Waals surface area contributed by atoms with Gasteiger partial charge in [0.15, 0.2) is 10.9 Å². The number of Topliss-reactive ketones (excluding diaryl/α,β-unsaturated/α-hetero) is 1. The lowest BCUT2D eigenvalue weighted by Gasteiger charge is -2.09. The first-order valence-corrected chi connectivity index (χ1v) is 8.05. The van der Waals surface area contributed by atoms with E-state index in [-0.39, 0.29) is 16.8 Å². The number of carbonyl (C=O) groups is 2. The van der Waals surface area contributed by atoms with Gasteiger partial charge in [-0.05, 0) is 49.8 Å². The summed E-state index contributed by atoms with van der Waals surface area (Å²) >= 11 is 1.32. The average Bonchev–Trinajstić information content (AvgIpc) is 3.08. The highest BCUT2D eigenvalue weighted by molar-refractivity contribution is 8.00. The van der Waals surface area contributed by atoms with Crippen LogP contribution in [0.2, 0.25) is 0 Å². The second-order valence-corrected chi connectivity index (χ2v) is 6.64. The Morgan fingerprint density at radius 2 is 2.00 bits per heavy atom. The van der Waals surface area contributed by atoms with Crippen LogP contribution in [0.1, 0.15) is 40.4 Å². The normalized spacial score (nSPS) is 14.4. The lowest BCUT2D eigenvalue weighted by Crippen LogP contribution is -2.13.